The first kappa shape index (κ1) is 77.8. The molecule has 0 heterocycles. The lowest BCUT2D eigenvalue weighted by Crippen LogP contribution is -2.30. The van der Waals surface area contributed by atoms with Crippen molar-refractivity contribution in [3.63, 3.8) is 0 Å². The fourth-order valence-corrected chi connectivity index (χ4v) is 9.51. The van der Waals surface area contributed by atoms with Gasteiger partial charge in [0.15, 0.2) is 6.10 Å². The predicted molar refractivity (Wildman–Crippen MR) is 357 cm³/mol. The Morgan fingerprint density at radius 1 is 0.256 bits per heavy atom. The molecule has 0 saturated heterocycles. The lowest BCUT2D eigenvalue weighted by molar-refractivity contribution is -0.167. The van der Waals surface area contributed by atoms with Crippen LogP contribution in [0, 0.1) is 0 Å². The molecule has 82 heavy (non-hydrogen) atoms. The average molecular weight is 1140 g/mol. The molecule has 0 amide bonds. The van der Waals surface area contributed by atoms with Crippen LogP contribution >= 0.6 is 0 Å². The summed E-state index contributed by atoms with van der Waals surface area (Å²) in [5.74, 6) is -0.908. The number of hydrogen-bond donors (Lipinski definition) is 0. The van der Waals surface area contributed by atoms with Gasteiger partial charge < -0.3 is 14.2 Å². The predicted octanol–water partition coefficient (Wildman–Crippen LogP) is 23.9. The molecule has 0 N–H and O–H groups in total. The van der Waals surface area contributed by atoms with Crippen LogP contribution in [0.15, 0.2) is 122 Å². The maximum atomic E-state index is 13.0. The van der Waals surface area contributed by atoms with E-state index < -0.39 is 6.10 Å². The second-order valence-corrected chi connectivity index (χ2v) is 22.7. The summed E-state index contributed by atoms with van der Waals surface area (Å²) in [6.07, 6.45) is 96.3. The van der Waals surface area contributed by atoms with Crippen molar-refractivity contribution in [3.05, 3.63) is 122 Å². The van der Waals surface area contributed by atoms with Crippen LogP contribution in [-0.2, 0) is 28.6 Å². The number of carbonyl (C=O) groups excluding carboxylic acids is 3. The van der Waals surface area contributed by atoms with Gasteiger partial charge in [0, 0.05) is 19.3 Å². The van der Waals surface area contributed by atoms with Crippen LogP contribution < -0.4 is 0 Å². The quantitative estimate of drug-likeness (QED) is 0.0261. The number of carbonyl (C=O) groups is 3. The zero-order chi connectivity index (χ0) is 59.2. The summed E-state index contributed by atoms with van der Waals surface area (Å²) in [7, 11) is 0. The first-order chi connectivity index (χ1) is 40.5. The number of unbranched alkanes of at least 4 members (excludes halogenated alkanes) is 31. The van der Waals surface area contributed by atoms with Gasteiger partial charge in [-0.1, -0.05) is 290 Å². The molecule has 0 aliphatic heterocycles. The van der Waals surface area contributed by atoms with Crippen LogP contribution in [0.5, 0.6) is 0 Å². The summed E-state index contributed by atoms with van der Waals surface area (Å²) in [6.45, 7) is 6.51. The summed E-state index contributed by atoms with van der Waals surface area (Å²) >= 11 is 0. The van der Waals surface area contributed by atoms with Gasteiger partial charge in [-0.3, -0.25) is 14.4 Å². The highest BCUT2D eigenvalue weighted by Gasteiger charge is 2.19. The first-order valence-electron chi connectivity index (χ1n) is 34.5. The molecule has 1 atom stereocenters. The van der Waals surface area contributed by atoms with Crippen LogP contribution in [0.1, 0.15) is 323 Å². The molecule has 0 rings (SSSR count). The van der Waals surface area contributed by atoms with Gasteiger partial charge in [0.05, 0.1) is 0 Å². The fourth-order valence-electron chi connectivity index (χ4n) is 9.51. The molecular weight excluding hydrogens is 1010 g/mol. The third kappa shape index (κ3) is 66.6. The van der Waals surface area contributed by atoms with Crippen molar-refractivity contribution in [2.75, 3.05) is 13.2 Å². The van der Waals surface area contributed by atoms with E-state index in [2.05, 4.69) is 142 Å². The maximum Gasteiger partial charge on any atom is 0.306 e. The zero-order valence-corrected chi connectivity index (χ0v) is 53.7. The Labute approximate surface area is 507 Å². The van der Waals surface area contributed by atoms with Crippen LogP contribution in [0.3, 0.4) is 0 Å². The van der Waals surface area contributed by atoms with Gasteiger partial charge in [-0.25, -0.2) is 0 Å². The molecule has 0 spiro atoms. The Morgan fingerprint density at radius 3 is 0.780 bits per heavy atom. The molecule has 0 saturated carbocycles. The molecule has 0 aliphatic rings. The Balaban J connectivity index is 4.43. The Bertz CT molecular complexity index is 1690. The number of esters is 3. The second kappa shape index (κ2) is 69.3. The lowest BCUT2D eigenvalue weighted by atomic mass is 10.1. The number of rotatable bonds is 62. The Morgan fingerprint density at radius 2 is 0.476 bits per heavy atom. The topological polar surface area (TPSA) is 78.9 Å². The monoisotopic (exact) mass is 1140 g/mol. The summed E-state index contributed by atoms with van der Waals surface area (Å²) in [5.41, 5.74) is 0. The average Bonchev–Trinajstić information content (AvgIpc) is 3.47. The molecule has 0 fully saturated rings. The molecule has 0 aromatic rings. The zero-order valence-electron chi connectivity index (χ0n) is 53.7. The van der Waals surface area contributed by atoms with Crippen molar-refractivity contribution in [2.24, 2.45) is 0 Å². The van der Waals surface area contributed by atoms with E-state index in [1.165, 1.54) is 154 Å². The van der Waals surface area contributed by atoms with Crippen molar-refractivity contribution < 1.29 is 28.6 Å². The van der Waals surface area contributed by atoms with Crippen LogP contribution in [0.25, 0.3) is 0 Å². The van der Waals surface area contributed by atoms with Gasteiger partial charge in [-0.15, -0.1) is 0 Å². The molecule has 0 bridgehead atoms. The van der Waals surface area contributed by atoms with Gasteiger partial charge in [0.25, 0.3) is 0 Å². The van der Waals surface area contributed by atoms with Gasteiger partial charge in [0.2, 0.25) is 0 Å². The standard InChI is InChI=1S/C76H128O6/c1-4-7-10-13-16-19-22-25-28-31-34-35-36-37-38-39-40-41-43-45-48-51-54-57-60-63-66-69-75(78)81-72-73(71-80-74(77)68-65-62-59-56-53-50-47-44-33-30-27-24-21-18-15-12-9-6-3)82-76(79)70-67-64-61-58-55-52-49-46-42-32-29-26-23-20-17-14-11-8-5-2/h7,10,16-17,19-20,25-26,28-30,33-35,37-38,40-41,45,48,73H,4-6,8-9,11-15,18,21-24,27,31-32,36,39,42-44,46-47,49-72H2,1-3H3/b10-7-,19-16-,20-17-,28-25-,29-26-,33-30-,35-34-,38-37-,41-40-,48-45-. The van der Waals surface area contributed by atoms with E-state index in [1.807, 2.05) is 0 Å². The van der Waals surface area contributed by atoms with E-state index in [0.29, 0.717) is 19.3 Å². The van der Waals surface area contributed by atoms with E-state index in [0.717, 1.165) is 128 Å². The van der Waals surface area contributed by atoms with Crippen LogP contribution in [-0.4, -0.2) is 37.2 Å². The van der Waals surface area contributed by atoms with Gasteiger partial charge in [-0.2, -0.15) is 0 Å². The lowest BCUT2D eigenvalue weighted by Gasteiger charge is -2.18. The van der Waals surface area contributed by atoms with Crippen molar-refractivity contribution in [3.8, 4) is 0 Å². The third-order valence-corrected chi connectivity index (χ3v) is 14.7. The molecule has 1 unspecified atom stereocenters. The summed E-state index contributed by atoms with van der Waals surface area (Å²) in [5, 5.41) is 0. The molecule has 6 nitrogen and oxygen atoms in total. The highest BCUT2D eigenvalue weighted by molar-refractivity contribution is 5.71. The van der Waals surface area contributed by atoms with Crippen molar-refractivity contribution >= 4 is 17.9 Å². The largest absolute Gasteiger partial charge is 0.462 e. The molecule has 468 valence electrons. The van der Waals surface area contributed by atoms with Crippen LogP contribution in [0.4, 0.5) is 0 Å². The van der Waals surface area contributed by atoms with Gasteiger partial charge in [0.1, 0.15) is 13.2 Å². The Hall–Kier alpha value is -4.19. The Kier molecular flexibility index (Phi) is 65.8. The number of allylic oxidation sites excluding steroid dienone is 20. The SMILES string of the molecule is CC/C=C\C/C=C\C/C=C\C/C=C\C/C=C\C/C=C\C/C=C\CCCCCCCC(=O)OCC(COC(=O)CCCCCCCCC/C=C\CCCCCCCCC)OC(=O)CCCCCCCCCCC/C=C\C/C=C\CCCCC. The van der Waals surface area contributed by atoms with Crippen molar-refractivity contribution in [2.45, 2.75) is 329 Å². The maximum absolute atomic E-state index is 13.0. The molecular formula is C76H128O6. The fraction of sp³-hybridized carbons (Fsp3) is 0.697. The number of ether oxygens (including phenoxy) is 3. The summed E-state index contributed by atoms with van der Waals surface area (Å²) in [6, 6.07) is 0. The van der Waals surface area contributed by atoms with E-state index in [9.17, 15) is 14.4 Å². The van der Waals surface area contributed by atoms with Crippen molar-refractivity contribution in [1.82, 2.24) is 0 Å². The van der Waals surface area contributed by atoms with E-state index >= 15 is 0 Å². The molecule has 0 radical (unpaired) electrons. The minimum atomic E-state index is -0.796. The minimum Gasteiger partial charge on any atom is -0.462 e. The molecule has 0 aliphatic carbocycles. The third-order valence-electron chi connectivity index (χ3n) is 14.7. The molecule has 0 aromatic heterocycles. The summed E-state index contributed by atoms with van der Waals surface area (Å²) in [4.78, 5) is 38.5. The smallest absolute Gasteiger partial charge is 0.306 e. The van der Waals surface area contributed by atoms with E-state index in [-0.39, 0.29) is 31.1 Å². The van der Waals surface area contributed by atoms with E-state index in [4.69, 9.17) is 14.2 Å². The summed E-state index contributed by atoms with van der Waals surface area (Å²) < 4.78 is 17.0. The van der Waals surface area contributed by atoms with Crippen LogP contribution in [0.2, 0.25) is 0 Å². The molecule has 0 aromatic carbocycles. The highest BCUT2D eigenvalue weighted by atomic mass is 16.6. The highest BCUT2D eigenvalue weighted by Crippen LogP contribution is 2.16. The molecule has 6 heteroatoms. The first-order valence-corrected chi connectivity index (χ1v) is 34.5. The van der Waals surface area contributed by atoms with Crippen molar-refractivity contribution in [1.29, 1.82) is 0 Å². The van der Waals surface area contributed by atoms with E-state index in [1.54, 1.807) is 0 Å². The van der Waals surface area contributed by atoms with Gasteiger partial charge in [-0.05, 0) is 135 Å². The van der Waals surface area contributed by atoms with Gasteiger partial charge >= 0.3 is 17.9 Å². The minimum absolute atomic E-state index is 0.0893. The normalized spacial score (nSPS) is 12.9. The second-order valence-electron chi connectivity index (χ2n) is 22.7. The number of hydrogen-bond acceptors (Lipinski definition) is 6.